The number of aryl methyl sites for hydroxylation is 2. The van der Waals surface area contributed by atoms with E-state index in [1.54, 1.807) is 0 Å². The third kappa shape index (κ3) is 4.43. The molecule has 18 heavy (non-hydrogen) atoms. The summed E-state index contributed by atoms with van der Waals surface area (Å²) in [4.78, 5) is 0. The molecule has 0 fully saturated rings. The summed E-state index contributed by atoms with van der Waals surface area (Å²) < 4.78 is 0. The van der Waals surface area contributed by atoms with Gasteiger partial charge in [-0.2, -0.15) is 0 Å². The molecule has 0 aliphatic heterocycles. The Morgan fingerprint density at radius 3 is 2.06 bits per heavy atom. The fraction of sp³-hybridized carbons (Fsp3) is 0.625. The number of rotatable bonds is 7. The zero-order valence-electron chi connectivity index (χ0n) is 12.3. The molecule has 0 heterocycles. The molecule has 0 aliphatic carbocycles. The maximum atomic E-state index is 5.91. The van der Waals surface area contributed by atoms with Crippen molar-refractivity contribution in [2.45, 2.75) is 46.6 Å². The van der Waals surface area contributed by atoms with Gasteiger partial charge in [-0.25, -0.2) is 0 Å². The fourth-order valence-corrected chi connectivity index (χ4v) is 2.43. The van der Waals surface area contributed by atoms with Crippen LogP contribution < -0.4 is 11.1 Å². The molecule has 2 nitrogen and oxygen atoms in total. The fourth-order valence-electron chi connectivity index (χ4n) is 2.43. The van der Waals surface area contributed by atoms with Crippen LogP contribution >= 0.6 is 0 Å². The second-order valence-electron chi connectivity index (χ2n) is 5.30. The van der Waals surface area contributed by atoms with E-state index in [2.05, 4.69) is 51.2 Å². The average Bonchev–Trinajstić information content (AvgIpc) is 2.33. The van der Waals surface area contributed by atoms with Crippen LogP contribution in [0.5, 0.6) is 0 Å². The molecule has 1 aromatic carbocycles. The van der Waals surface area contributed by atoms with Crippen molar-refractivity contribution in [2.24, 2.45) is 11.7 Å². The minimum absolute atomic E-state index is 0.282. The van der Waals surface area contributed by atoms with Gasteiger partial charge in [-0.3, -0.25) is 0 Å². The van der Waals surface area contributed by atoms with E-state index >= 15 is 0 Å². The quantitative estimate of drug-likeness (QED) is 0.777. The Labute approximate surface area is 112 Å². The molecular formula is C16H28N2. The Balaban J connectivity index is 2.70. The monoisotopic (exact) mass is 248 g/mol. The summed E-state index contributed by atoms with van der Waals surface area (Å²) in [7, 11) is 0. The van der Waals surface area contributed by atoms with Crippen molar-refractivity contribution in [1.82, 2.24) is 5.32 Å². The first-order valence-electron chi connectivity index (χ1n) is 7.12. The van der Waals surface area contributed by atoms with Crippen LogP contribution in [0.1, 0.15) is 49.4 Å². The smallest absolute Gasteiger partial charge is 0.0444 e. The molecule has 1 aromatic rings. The largest absolute Gasteiger partial charge is 0.329 e. The van der Waals surface area contributed by atoms with Crippen molar-refractivity contribution in [3.8, 4) is 0 Å². The molecule has 0 bridgehead atoms. The predicted octanol–water partition coefficient (Wildman–Crippen LogP) is 3.33. The van der Waals surface area contributed by atoms with Gasteiger partial charge >= 0.3 is 0 Å². The summed E-state index contributed by atoms with van der Waals surface area (Å²) >= 11 is 0. The van der Waals surface area contributed by atoms with E-state index in [1.807, 2.05) is 0 Å². The van der Waals surface area contributed by atoms with Crippen LogP contribution in [-0.2, 0) is 0 Å². The maximum absolute atomic E-state index is 5.91. The van der Waals surface area contributed by atoms with E-state index in [0.717, 1.165) is 12.5 Å². The van der Waals surface area contributed by atoms with Gasteiger partial charge in [-0.15, -0.1) is 0 Å². The molecule has 0 amide bonds. The Bertz CT molecular complexity index is 336. The maximum Gasteiger partial charge on any atom is 0.0444 e. The van der Waals surface area contributed by atoms with E-state index < -0.39 is 0 Å². The highest BCUT2D eigenvalue weighted by Crippen LogP contribution is 2.17. The molecule has 1 rings (SSSR count). The van der Waals surface area contributed by atoms with Gasteiger partial charge in [-0.1, -0.05) is 56.0 Å². The summed E-state index contributed by atoms with van der Waals surface area (Å²) in [5.74, 6) is 0.755. The minimum atomic E-state index is 0.282. The zero-order chi connectivity index (χ0) is 13.5. The van der Waals surface area contributed by atoms with Gasteiger partial charge in [-0.05, 0) is 31.9 Å². The Morgan fingerprint density at radius 2 is 1.61 bits per heavy atom. The first-order chi connectivity index (χ1) is 8.60. The molecule has 0 spiro atoms. The van der Waals surface area contributed by atoms with Crippen molar-refractivity contribution >= 4 is 0 Å². The van der Waals surface area contributed by atoms with E-state index in [9.17, 15) is 0 Å². The third-order valence-electron chi connectivity index (χ3n) is 3.69. The number of hydrogen-bond acceptors (Lipinski definition) is 2. The first kappa shape index (κ1) is 15.2. The highest BCUT2D eigenvalue weighted by atomic mass is 14.9. The lowest BCUT2D eigenvalue weighted by Gasteiger charge is -2.21. The molecule has 3 N–H and O–H groups in total. The summed E-state index contributed by atoms with van der Waals surface area (Å²) in [5.41, 5.74) is 9.86. The van der Waals surface area contributed by atoms with Crippen molar-refractivity contribution in [3.63, 3.8) is 0 Å². The lowest BCUT2D eigenvalue weighted by atomic mass is 9.99. The highest BCUT2D eigenvalue weighted by molar-refractivity contribution is 5.30. The van der Waals surface area contributed by atoms with Crippen LogP contribution in [0, 0.1) is 19.8 Å². The van der Waals surface area contributed by atoms with Crippen LogP contribution in [0.15, 0.2) is 18.2 Å². The summed E-state index contributed by atoms with van der Waals surface area (Å²) in [5, 5.41) is 3.62. The van der Waals surface area contributed by atoms with Crippen LogP contribution in [0.4, 0.5) is 0 Å². The molecule has 1 atom stereocenters. The highest BCUT2D eigenvalue weighted by Gasteiger charge is 2.12. The molecule has 0 saturated heterocycles. The van der Waals surface area contributed by atoms with Crippen LogP contribution in [0.3, 0.4) is 0 Å². The number of nitrogens with one attached hydrogen (secondary N) is 1. The van der Waals surface area contributed by atoms with Crippen molar-refractivity contribution in [3.05, 3.63) is 34.9 Å². The third-order valence-corrected chi connectivity index (χ3v) is 3.69. The molecule has 0 aliphatic rings. The van der Waals surface area contributed by atoms with E-state index in [4.69, 9.17) is 5.73 Å². The lowest BCUT2D eigenvalue weighted by Crippen LogP contribution is -2.32. The normalized spacial score (nSPS) is 13.0. The summed E-state index contributed by atoms with van der Waals surface area (Å²) in [6.45, 7) is 10.5. The molecule has 1 unspecified atom stereocenters. The molecular weight excluding hydrogens is 220 g/mol. The van der Waals surface area contributed by atoms with E-state index in [-0.39, 0.29) is 6.04 Å². The second kappa shape index (κ2) is 7.55. The van der Waals surface area contributed by atoms with E-state index in [1.165, 1.54) is 29.5 Å². The van der Waals surface area contributed by atoms with Crippen LogP contribution in [-0.4, -0.2) is 13.1 Å². The number of hydrogen-bond donors (Lipinski definition) is 2. The Hall–Kier alpha value is -0.860. The standard InChI is InChI=1S/C16H28N2/c1-5-14(6-2)11-18-16(10-17)15-8-12(3)7-13(4)9-15/h7-9,14,16,18H,5-6,10-11,17H2,1-4H3. The average molecular weight is 248 g/mol. The molecule has 0 aromatic heterocycles. The molecule has 0 saturated carbocycles. The molecule has 0 radical (unpaired) electrons. The van der Waals surface area contributed by atoms with Gasteiger partial charge in [0.2, 0.25) is 0 Å². The predicted molar refractivity (Wildman–Crippen MR) is 79.8 cm³/mol. The van der Waals surface area contributed by atoms with Gasteiger partial charge in [0.15, 0.2) is 0 Å². The topological polar surface area (TPSA) is 38.0 Å². The van der Waals surface area contributed by atoms with Crippen molar-refractivity contribution < 1.29 is 0 Å². The van der Waals surface area contributed by atoms with Crippen LogP contribution in [0.25, 0.3) is 0 Å². The van der Waals surface area contributed by atoms with Gasteiger partial charge in [0, 0.05) is 12.6 Å². The second-order valence-corrected chi connectivity index (χ2v) is 5.30. The van der Waals surface area contributed by atoms with Crippen molar-refractivity contribution in [2.75, 3.05) is 13.1 Å². The van der Waals surface area contributed by atoms with Gasteiger partial charge in [0.05, 0.1) is 0 Å². The van der Waals surface area contributed by atoms with Crippen molar-refractivity contribution in [1.29, 1.82) is 0 Å². The van der Waals surface area contributed by atoms with Gasteiger partial charge in [0.1, 0.15) is 0 Å². The van der Waals surface area contributed by atoms with Gasteiger partial charge in [0.25, 0.3) is 0 Å². The zero-order valence-corrected chi connectivity index (χ0v) is 12.3. The SMILES string of the molecule is CCC(CC)CNC(CN)c1cc(C)cc(C)c1. The molecule has 102 valence electrons. The summed E-state index contributed by atoms with van der Waals surface area (Å²) in [6, 6.07) is 6.97. The Morgan fingerprint density at radius 1 is 1.06 bits per heavy atom. The van der Waals surface area contributed by atoms with E-state index in [0.29, 0.717) is 6.54 Å². The summed E-state index contributed by atoms with van der Waals surface area (Å²) in [6.07, 6.45) is 2.46. The molecule has 2 heteroatoms. The Kier molecular flexibility index (Phi) is 6.37. The van der Waals surface area contributed by atoms with Crippen LogP contribution in [0.2, 0.25) is 0 Å². The number of nitrogens with two attached hydrogens (primary N) is 1. The number of benzene rings is 1. The van der Waals surface area contributed by atoms with Gasteiger partial charge < -0.3 is 11.1 Å². The lowest BCUT2D eigenvalue weighted by molar-refractivity contribution is 0.414. The minimum Gasteiger partial charge on any atom is -0.329 e. The first-order valence-corrected chi connectivity index (χ1v) is 7.12.